The molecule has 0 fully saturated rings. The van der Waals surface area contributed by atoms with Crippen LogP contribution in [0.4, 0.5) is 0 Å². The number of hydrogen-bond donors (Lipinski definition) is 1. The van der Waals surface area contributed by atoms with E-state index in [2.05, 4.69) is 4.74 Å². The van der Waals surface area contributed by atoms with Crippen LogP contribution in [0.3, 0.4) is 0 Å². The molecule has 0 aliphatic rings. The van der Waals surface area contributed by atoms with Gasteiger partial charge in [0.2, 0.25) is 0 Å². The third-order valence-electron chi connectivity index (χ3n) is 1.73. The first-order valence-electron chi connectivity index (χ1n) is 4.23. The van der Waals surface area contributed by atoms with Gasteiger partial charge in [0.1, 0.15) is 0 Å². The maximum atomic E-state index is 11.1. The first kappa shape index (κ1) is 11.0. The summed E-state index contributed by atoms with van der Waals surface area (Å²) < 4.78 is 4.54. The number of carboxylic acids is 1. The third kappa shape index (κ3) is 3.27. The van der Waals surface area contributed by atoms with Gasteiger partial charge in [-0.25, -0.2) is 9.59 Å². The zero-order valence-electron chi connectivity index (χ0n) is 8.14. The zero-order chi connectivity index (χ0) is 11.3. The summed E-state index contributed by atoms with van der Waals surface area (Å²) in [6, 6.07) is 6.52. The molecule has 1 aromatic carbocycles. The molecule has 0 saturated carbocycles. The highest BCUT2D eigenvalue weighted by Gasteiger charge is 2.03. The van der Waals surface area contributed by atoms with E-state index in [1.807, 2.05) is 0 Å². The molecule has 0 bridgehead atoms. The predicted octanol–water partition coefficient (Wildman–Crippen LogP) is 1.57. The van der Waals surface area contributed by atoms with E-state index in [1.165, 1.54) is 13.2 Å². The second kappa shape index (κ2) is 4.95. The Morgan fingerprint density at radius 3 is 2.73 bits per heavy atom. The van der Waals surface area contributed by atoms with Crippen LogP contribution in [-0.2, 0) is 9.53 Å². The van der Waals surface area contributed by atoms with Crippen LogP contribution in [-0.4, -0.2) is 24.2 Å². The lowest BCUT2D eigenvalue weighted by Crippen LogP contribution is -2.00. The number of esters is 1. The van der Waals surface area contributed by atoms with Crippen molar-refractivity contribution < 1.29 is 19.4 Å². The number of aliphatic carboxylic acids is 1. The molecule has 4 nitrogen and oxygen atoms in total. The molecule has 0 atom stereocenters. The summed E-state index contributed by atoms with van der Waals surface area (Å²) in [5.41, 5.74) is 1.03. The highest BCUT2D eigenvalue weighted by atomic mass is 16.5. The fourth-order valence-corrected chi connectivity index (χ4v) is 1.05. The molecule has 0 aliphatic carbocycles. The van der Waals surface area contributed by atoms with Crippen LogP contribution in [0.1, 0.15) is 15.9 Å². The van der Waals surface area contributed by atoms with E-state index in [1.54, 1.807) is 24.3 Å². The summed E-state index contributed by atoms with van der Waals surface area (Å²) in [7, 11) is 1.29. The third-order valence-corrected chi connectivity index (χ3v) is 1.73. The molecule has 0 unspecified atom stereocenters. The van der Waals surface area contributed by atoms with Crippen LogP contribution >= 0.6 is 0 Å². The molecule has 0 radical (unpaired) electrons. The average molecular weight is 206 g/mol. The topological polar surface area (TPSA) is 63.6 Å². The highest BCUT2D eigenvalue weighted by molar-refractivity contribution is 5.91. The monoisotopic (exact) mass is 206 g/mol. The lowest BCUT2D eigenvalue weighted by atomic mass is 10.1. The Morgan fingerprint density at radius 1 is 1.40 bits per heavy atom. The first-order valence-corrected chi connectivity index (χ1v) is 4.23. The molecular formula is C11H10O4. The van der Waals surface area contributed by atoms with Crippen molar-refractivity contribution in [3.63, 3.8) is 0 Å². The molecule has 0 aliphatic heterocycles. The second-order valence-electron chi connectivity index (χ2n) is 2.79. The Morgan fingerprint density at radius 2 is 2.13 bits per heavy atom. The zero-order valence-corrected chi connectivity index (χ0v) is 8.14. The molecular weight excluding hydrogens is 196 g/mol. The minimum Gasteiger partial charge on any atom is -0.478 e. The van der Waals surface area contributed by atoms with E-state index < -0.39 is 11.9 Å². The summed E-state index contributed by atoms with van der Waals surface area (Å²) >= 11 is 0. The van der Waals surface area contributed by atoms with Crippen LogP contribution < -0.4 is 0 Å². The van der Waals surface area contributed by atoms with Crippen molar-refractivity contribution in [1.29, 1.82) is 0 Å². The number of carbonyl (C=O) groups is 2. The quantitative estimate of drug-likeness (QED) is 0.602. The average Bonchev–Trinajstić information content (AvgIpc) is 2.25. The maximum Gasteiger partial charge on any atom is 0.337 e. The number of benzene rings is 1. The molecule has 78 valence electrons. The van der Waals surface area contributed by atoms with Crippen molar-refractivity contribution in [2.24, 2.45) is 0 Å². The molecule has 0 amide bonds. The van der Waals surface area contributed by atoms with Crippen molar-refractivity contribution in [3.8, 4) is 0 Å². The SMILES string of the molecule is COC(=O)c1cccc(C=CC(=O)O)c1. The number of hydrogen-bond acceptors (Lipinski definition) is 3. The summed E-state index contributed by atoms with van der Waals surface area (Å²) in [6.45, 7) is 0. The number of rotatable bonds is 3. The van der Waals surface area contributed by atoms with Crippen molar-refractivity contribution in [1.82, 2.24) is 0 Å². The first-order chi connectivity index (χ1) is 7.13. The lowest BCUT2D eigenvalue weighted by molar-refractivity contribution is -0.131. The van der Waals surface area contributed by atoms with Gasteiger partial charge in [0.15, 0.2) is 0 Å². The Labute approximate surface area is 86.8 Å². The van der Waals surface area contributed by atoms with Gasteiger partial charge >= 0.3 is 11.9 Å². The number of ether oxygens (including phenoxy) is 1. The summed E-state index contributed by atoms with van der Waals surface area (Å²) in [6.07, 6.45) is 2.42. The van der Waals surface area contributed by atoms with E-state index >= 15 is 0 Å². The van der Waals surface area contributed by atoms with E-state index in [9.17, 15) is 9.59 Å². The highest BCUT2D eigenvalue weighted by Crippen LogP contribution is 2.08. The Bertz CT molecular complexity index is 407. The fourth-order valence-electron chi connectivity index (χ4n) is 1.05. The van der Waals surface area contributed by atoms with Crippen molar-refractivity contribution in [2.45, 2.75) is 0 Å². The van der Waals surface area contributed by atoms with Gasteiger partial charge in [-0.2, -0.15) is 0 Å². The van der Waals surface area contributed by atoms with Gasteiger partial charge in [-0.15, -0.1) is 0 Å². The van der Waals surface area contributed by atoms with Crippen LogP contribution in [0.15, 0.2) is 30.3 Å². The summed E-state index contributed by atoms with van der Waals surface area (Å²) in [5.74, 6) is -1.47. The van der Waals surface area contributed by atoms with E-state index in [4.69, 9.17) is 5.11 Å². The van der Waals surface area contributed by atoms with Gasteiger partial charge in [-0.1, -0.05) is 12.1 Å². The molecule has 1 aromatic rings. The molecule has 1 rings (SSSR count). The van der Waals surface area contributed by atoms with E-state index in [0.29, 0.717) is 11.1 Å². The summed E-state index contributed by atoms with van der Waals surface area (Å²) in [5, 5.41) is 8.42. The molecule has 4 heteroatoms. The van der Waals surface area contributed by atoms with Gasteiger partial charge in [0.25, 0.3) is 0 Å². The molecule has 1 N–H and O–H groups in total. The Kier molecular flexibility index (Phi) is 3.62. The van der Waals surface area contributed by atoms with Crippen LogP contribution in [0.5, 0.6) is 0 Å². The minimum atomic E-state index is -1.03. The van der Waals surface area contributed by atoms with Crippen molar-refractivity contribution in [3.05, 3.63) is 41.5 Å². The molecule has 0 saturated heterocycles. The minimum absolute atomic E-state index is 0.394. The Balaban J connectivity index is 2.92. The number of carbonyl (C=O) groups excluding carboxylic acids is 1. The van der Waals surface area contributed by atoms with Crippen LogP contribution in [0, 0.1) is 0 Å². The fraction of sp³-hybridized carbons (Fsp3) is 0.0909. The Hall–Kier alpha value is -2.10. The van der Waals surface area contributed by atoms with Gasteiger partial charge in [0, 0.05) is 6.08 Å². The van der Waals surface area contributed by atoms with Crippen molar-refractivity contribution in [2.75, 3.05) is 7.11 Å². The smallest absolute Gasteiger partial charge is 0.337 e. The van der Waals surface area contributed by atoms with Crippen LogP contribution in [0.25, 0.3) is 6.08 Å². The van der Waals surface area contributed by atoms with Crippen molar-refractivity contribution >= 4 is 18.0 Å². The van der Waals surface area contributed by atoms with E-state index in [-0.39, 0.29) is 0 Å². The normalized spacial score (nSPS) is 10.2. The number of methoxy groups -OCH3 is 1. The number of carboxylic acid groups (broad SMARTS) is 1. The van der Waals surface area contributed by atoms with Gasteiger partial charge in [0.05, 0.1) is 12.7 Å². The standard InChI is InChI=1S/C11H10O4/c1-15-11(14)9-4-2-3-8(7-9)5-6-10(12)13/h2-7H,1H3,(H,12,13). The van der Waals surface area contributed by atoms with E-state index in [0.717, 1.165) is 6.08 Å². The molecule has 0 spiro atoms. The summed E-state index contributed by atoms with van der Waals surface area (Å²) in [4.78, 5) is 21.4. The van der Waals surface area contributed by atoms with Gasteiger partial charge in [-0.3, -0.25) is 0 Å². The van der Waals surface area contributed by atoms with Crippen LogP contribution in [0.2, 0.25) is 0 Å². The molecule has 15 heavy (non-hydrogen) atoms. The van der Waals surface area contributed by atoms with Gasteiger partial charge in [-0.05, 0) is 23.8 Å². The largest absolute Gasteiger partial charge is 0.478 e. The lowest BCUT2D eigenvalue weighted by Gasteiger charge is -1.99. The molecule has 0 heterocycles. The van der Waals surface area contributed by atoms with Gasteiger partial charge < -0.3 is 9.84 Å². The second-order valence-corrected chi connectivity index (χ2v) is 2.79. The predicted molar refractivity (Wildman–Crippen MR) is 54.5 cm³/mol. The maximum absolute atomic E-state index is 11.1. The molecule has 0 aromatic heterocycles.